The number of methoxy groups -OCH3 is 1. The minimum absolute atomic E-state index is 0.0197. The molecule has 0 unspecified atom stereocenters. The third kappa shape index (κ3) is 4.80. The quantitative estimate of drug-likeness (QED) is 0.589. The van der Waals surface area contributed by atoms with Gasteiger partial charge >= 0.3 is 0 Å². The molecule has 0 amide bonds. The predicted molar refractivity (Wildman–Crippen MR) is 114 cm³/mol. The molecule has 30 heavy (non-hydrogen) atoms. The largest absolute Gasteiger partial charge is 0.494 e. The molecule has 6 nitrogen and oxygen atoms in total. The van der Waals surface area contributed by atoms with Crippen LogP contribution < -0.4 is 4.74 Å². The predicted octanol–water partition coefficient (Wildman–Crippen LogP) is 2.67. The normalized spacial score (nSPS) is 26.5. The summed E-state index contributed by atoms with van der Waals surface area (Å²) in [5, 5.41) is 31.4. The molecule has 3 rings (SSSR count). The first-order valence-electron chi connectivity index (χ1n) is 10.1. The summed E-state index contributed by atoms with van der Waals surface area (Å²) >= 11 is 6.46. The van der Waals surface area contributed by atoms with E-state index in [1.54, 1.807) is 12.1 Å². The monoisotopic (exact) mass is 436 g/mol. The van der Waals surface area contributed by atoms with Crippen molar-refractivity contribution < 1.29 is 29.5 Å². The van der Waals surface area contributed by atoms with Gasteiger partial charge in [0.1, 0.15) is 17.5 Å². The van der Waals surface area contributed by atoms with E-state index in [4.69, 9.17) is 25.8 Å². The minimum Gasteiger partial charge on any atom is -0.494 e. The number of hydrogen-bond acceptors (Lipinski definition) is 6. The van der Waals surface area contributed by atoms with Gasteiger partial charge in [0.2, 0.25) is 0 Å². The van der Waals surface area contributed by atoms with Gasteiger partial charge in [0.15, 0.2) is 0 Å². The second kappa shape index (κ2) is 10.1. The third-order valence-electron chi connectivity index (χ3n) is 5.45. The van der Waals surface area contributed by atoms with Crippen molar-refractivity contribution in [2.45, 2.75) is 43.7 Å². The third-order valence-corrected chi connectivity index (χ3v) is 5.82. The van der Waals surface area contributed by atoms with Crippen LogP contribution in [0.1, 0.15) is 30.0 Å². The van der Waals surface area contributed by atoms with E-state index in [1.807, 2.05) is 37.3 Å². The maximum absolute atomic E-state index is 10.8. The van der Waals surface area contributed by atoms with Crippen molar-refractivity contribution in [3.63, 3.8) is 0 Å². The van der Waals surface area contributed by atoms with Crippen LogP contribution >= 0.6 is 11.6 Å². The zero-order valence-electron chi connectivity index (χ0n) is 17.3. The summed E-state index contributed by atoms with van der Waals surface area (Å²) in [5.74, 6) is 0.808. The zero-order valence-corrected chi connectivity index (χ0v) is 18.0. The summed E-state index contributed by atoms with van der Waals surface area (Å²) in [6.45, 7) is 2.31. The van der Waals surface area contributed by atoms with Crippen LogP contribution in [-0.4, -0.2) is 60.6 Å². The summed E-state index contributed by atoms with van der Waals surface area (Å²) in [4.78, 5) is 0. The van der Waals surface area contributed by atoms with Crippen LogP contribution in [0.3, 0.4) is 0 Å². The Morgan fingerprint density at radius 1 is 1.17 bits per heavy atom. The molecule has 4 atom stereocenters. The molecular weight excluding hydrogens is 408 g/mol. The van der Waals surface area contributed by atoms with E-state index in [0.29, 0.717) is 23.6 Å². The molecule has 164 valence electrons. The molecule has 0 spiro atoms. The first-order valence-corrected chi connectivity index (χ1v) is 10.5. The molecule has 1 aliphatic heterocycles. The van der Waals surface area contributed by atoms with Crippen LogP contribution in [0.4, 0.5) is 0 Å². The number of rotatable bonds is 8. The number of aliphatic hydroxyl groups is 3. The van der Waals surface area contributed by atoms with Gasteiger partial charge in [-0.05, 0) is 48.2 Å². The van der Waals surface area contributed by atoms with Crippen molar-refractivity contribution in [2.75, 3.05) is 26.9 Å². The van der Waals surface area contributed by atoms with Crippen LogP contribution in [-0.2, 0) is 21.5 Å². The molecule has 2 aromatic carbocycles. The molecule has 2 aromatic rings. The molecule has 1 fully saturated rings. The van der Waals surface area contributed by atoms with E-state index in [2.05, 4.69) is 0 Å². The molecule has 0 aliphatic carbocycles. The molecule has 0 radical (unpaired) electrons. The molecular formula is C23H29ClO6. The molecule has 3 N–H and O–H groups in total. The average Bonchev–Trinajstić information content (AvgIpc) is 2.74. The molecule has 1 heterocycles. The lowest BCUT2D eigenvalue weighted by atomic mass is 9.80. The highest BCUT2D eigenvalue weighted by Crippen LogP contribution is 2.40. The van der Waals surface area contributed by atoms with Crippen molar-refractivity contribution >= 4 is 11.6 Å². The first kappa shape index (κ1) is 23.0. The SMILES string of the molecule is CCOc1ccc(Cc2cc([C@@]3(COC)O[C@@H](CO)C[C@H](O)[C@H]3O)ccc2Cl)cc1. The van der Waals surface area contributed by atoms with E-state index in [-0.39, 0.29) is 19.6 Å². The molecule has 0 aromatic heterocycles. The Hall–Kier alpha value is -1.67. The number of halogens is 1. The maximum atomic E-state index is 10.8. The number of aliphatic hydroxyl groups excluding tert-OH is 3. The Bertz CT molecular complexity index is 827. The van der Waals surface area contributed by atoms with E-state index in [9.17, 15) is 15.3 Å². The molecule has 1 saturated heterocycles. The lowest BCUT2D eigenvalue weighted by Crippen LogP contribution is -2.58. The summed E-state index contributed by atoms with van der Waals surface area (Å²) < 4.78 is 16.9. The van der Waals surface area contributed by atoms with Crippen molar-refractivity contribution in [3.8, 4) is 5.75 Å². The second-order valence-corrected chi connectivity index (χ2v) is 7.96. The fraction of sp³-hybridized carbons (Fsp3) is 0.478. The Labute approximate surface area is 182 Å². The summed E-state index contributed by atoms with van der Waals surface area (Å²) in [6.07, 6.45) is -2.14. The van der Waals surface area contributed by atoms with Gasteiger partial charge < -0.3 is 29.5 Å². The Morgan fingerprint density at radius 3 is 2.53 bits per heavy atom. The topological polar surface area (TPSA) is 88.4 Å². The van der Waals surface area contributed by atoms with Gasteiger partial charge in [0.25, 0.3) is 0 Å². The van der Waals surface area contributed by atoms with E-state index in [1.165, 1.54) is 7.11 Å². The number of ether oxygens (including phenoxy) is 3. The summed E-state index contributed by atoms with van der Waals surface area (Å²) in [7, 11) is 1.50. The molecule has 0 bridgehead atoms. The standard InChI is InChI=1S/C23H29ClO6/c1-3-29-18-7-4-15(5-8-18)10-16-11-17(6-9-20(16)24)23(14-28-2)22(27)21(26)12-19(13-25)30-23/h4-9,11,19,21-22,25-27H,3,10,12-14H2,1-2H3/t19-,21+,22-,23-/m1/s1. The van der Waals surface area contributed by atoms with Gasteiger partial charge in [0, 0.05) is 18.6 Å². The minimum atomic E-state index is -1.31. The first-order chi connectivity index (χ1) is 14.4. The molecule has 0 saturated carbocycles. The molecule has 1 aliphatic rings. The second-order valence-electron chi connectivity index (χ2n) is 7.55. The fourth-order valence-corrected chi connectivity index (χ4v) is 4.14. The Kier molecular flexibility index (Phi) is 7.74. The lowest BCUT2D eigenvalue weighted by molar-refractivity contribution is -0.255. The van der Waals surface area contributed by atoms with Gasteiger partial charge in [-0.25, -0.2) is 0 Å². The van der Waals surface area contributed by atoms with Crippen molar-refractivity contribution in [3.05, 3.63) is 64.2 Å². The number of hydrogen-bond donors (Lipinski definition) is 3. The van der Waals surface area contributed by atoms with Gasteiger partial charge in [-0.3, -0.25) is 0 Å². The van der Waals surface area contributed by atoms with Crippen LogP contribution in [0.2, 0.25) is 5.02 Å². The van der Waals surface area contributed by atoms with Gasteiger partial charge in [-0.15, -0.1) is 0 Å². The van der Waals surface area contributed by atoms with Crippen LogP contribution in [0.25, 0.3) is 0 Å². The number of benzene rings is 2. The zero-order chi connectivity index (χ0) is 21.7. The highest BCUT2D eigenvalue weighted by atomic mass is 35.5. The van der Waals surface area contributed by atoms with Crippen LogP contribution in [0.15, 0.2) is 42.5 Å². The van der Waals surface area contributed by atoms with Gasteiger partial charge in [0.05, 0.1) is 32.0 Å². The van der Waals surface area contributed by atoms with Crippen LogP contribution in [0, 0.1) is 0 Å². The van der Waals surface area contributed by atoms with Gasteiger partial charge in [-0.2, -0.15) is 0 Å². The van der Waals surface area contributed by atoms with Crippen molar-refractivity contribution in [1.29, 1.82) is 0 Å². The summed E-state index contributed by atoms with van der Waals surface area (Å²) in [6, 6.07) is 13.2. The Balaban J connectivity index is 1.94. The summed E-state index contributed by atoms with van der Waals surface area (Å²) in [5.41, 5.74) is 1.24. The van der Waals surface area contributed by atoms with Gasteiger partial charge in [-0.1, -0.05) is 35.9 Å². The average molecular weight is 437 g/mol. The maximum Gasteiger partial charge on any atom is 0.145 e. The van der Waals surface area contributed by atoms with Crippen LogP contribution in [0.5, 0.6) is 5.75 Å². The van der Waals surface area contributed by atoms with E-state index < -0.39 is 23.9 Å². The molecule has 7 heteroatoms. The van der Waals surface area contributed by atoms with E-state index in [0.717, 1.165) is 16.9 Å². The lowest BCUT2D eigenvalue weighted by Gasteiger charge is -2.46. The highest BCUT2D eigenvalue weighted by molar-refractivity contribution is 6.31. The van der Waals surface area contributed by atoms with Crippen molar-refractivity contribution in [1.82, 2.24) is 0 Å². The smallest absolute Gasteiger partial charge is 0.145 e. The highest BCUT2D eigenvalue weighted by Gasteiger charge is 2.50. The van der Waals surface area contributed by atoms with Crippen molar-refractivity contribution in [2.24, 2.45) is 0 Å². The van der Waals surface area contributed by atoms with E-state index >= 15 is 0 Å². The fourth-order valence-electron chi connectivity index (χ4n) is 3.96. The Morgan fingerprint density at radius 2 is 1.90 bits per heavy atom.